The first-order chi connectivity index (χ1) is 10.2. The highest BCUT2D eigenvalue weighted by atomic mass is 16.4. The van der Waals surface area contributed by atoms with E-state index in [1.165, 1.54) is 25.7 Å². The number of carbonyl (C=O) groups is 1. The van der Waals surface area contributed by atoms with Crippen molar-refractivity contribution in [1.82, 2.24) is 5.32 Å². The molecule has 1 aliphatic carbocycles. The second-order valence-corrected chi connectivity index (χ2v) is 5.93. The van der Waals surface area contributed by atoms with Gasteiger partial charge in [0.15, 0.2) is 0 Å². The van der Waals surface area contributed by atoms with Gasteiger partial charge >= 0.3 is 5.97 Å². The summed E-state index contributed by atoms with van der Waals surface area (Å²) in [4.78, 5) is 11.4. The molecule has 2 N–H and O–H groups in total. The van der Waals surface area contributed by atoms with E-state index in [9.17, 15) is 9.90 Å². The smallest absolute Gasteiger partial charge is 0.372 e. The lowest BCUT2D eigenvalue weighted by molar-refractivity contribution is 0.0663. The molecule has 3 rings (SSSR count). The summed E-state index contributed by atoms with van der Waals surface area (Å²) in [5, 5.41) is 13.7. The van der Waals surface area contributed by atoms with E-state index in [0.717, 1.165) is 10.9 Å². The number of para-hydroxylation sites is 1. The quantitative estimate of drug-likeness (QED) is 0.878. The molecule has 4 heteroatoms. The Labute approximate surface area is 124 Å². The van der Waals surface area contributed by atoms with Crippen molar-refractivity contribution in [3.05, 3.63) is 35.6 Å². The molecule has 1 atom stereocenters. The number of hydrogen-bond acceptors (Lipinski definition) is 3. The third-order valence-corrected chi connectivity index (χ3v) is 4.60. The molecule has 1 fully saturated rings. The van der Waals surface area contributed by atoms with Gasteiger partial charge in [-0.05, 0) is 31.7 Å². The Balaban J connectivity index is 1.81. The van der Waals surface area contributed by atoms with Crippen LogP contribution in [0.2, 0.25) is 0 Å². The molecule has 0 radical (unpaired) electrons. The van der Waals surface area contributed by atoms with E-state index < -0.39 is 5.97 Å². The van der Waals surface area contributed by atoms with Crippen molar-refractivity contribution in [1.29, 1.82) is 0 Å². The second kappa shape index (κ2) is 5.90. The maximum Gasteiger partial charge on any atom is 0.372 e. The fourth-order valence-corrected chi connectivity index (χ4v) is 3.33. The summed E-state index contributed by atoms with van der Waals surface area (Å²) in [5.74, 6) is -0.240. The normalized spacial score (nSPS) is 17.4. The van der Waals surface area contributed by atoms with E-state index >= 15 is 0 Å². The fraction of sp³-hybridized carbons (Fsp3) is 0.471. The third-order valence-electron chi connectivity index (χ3n) is 4.60. The van der Waals surface area contributed by atoms with Crippen molar-refractivity contribution in [2.24, 2.45) is 5.92 Å². The zero-order chi connectivity index (χ0) is 14.8. The van der Waals surface area contributed by atoms with E-state index in [-0.39, 0.29) is 5.76 Å². The molecule has 1 saturated carbocycles. The highest BCUT2D eigenvalue weighted by Gasteiger charge is 2.23. The molecular weight excluding hydrogens is 266 g/mol. The van der Waals surface area contributed by atoms with Crippen LogP contribution in [0.25, 0.3) is 11.0 Å². The van der Waals surface area contributed by atoms with E-state index in [2.05, 4.69) is 12.2 Å². The molecule has 0 spiro atoms. The average molecular weight is 287 g/mol. The maximum atomic E-state index is 11.4. The van der Waals surface area contributed by atoms with Gasteiger partial charge in [0.2, 0.25) is 5.76 Å². The largest absolute Gasteiger partial charge is 0.475 e. The van der Waals surface area contributed by atoms with Crippen molar-refractivity contribution >= 4 is 16.9 Å². The Hall–Kier alpha value is -1.81. The molecule has 2 aromatic rings. The van der Waals surface area contributed by atoms with Crippen LogP contribution in [0, 0.1) is 5.92 Å². The van der Waals surface area contributed by atoms with Crippen molar-refractivity contribution in [3.8, 4) is 0 Å². The van der Waals surface area contributed by atoms with Gasteiger partial charge in [0.25, 0.3) is 0 Å². The zero-order valence-corrected chi connectivity index (χ0v) is 12.3. The van der Waals surface area contributed by atoms with Crippen molar-refractivity contribution in [2.45, 2.75) is 45.2 Å². The van der Waals surface area contributed by atoms with E-state index in [4.69, 9.17) is 4.42 Å². The Morgan fingerprint density at radius 3 is 2.81 bits per heavy atom. The van der Waals surface area contributed by atoms with E-state index in [1.54, 1.807) is 0 Å². The minimum absolute atomic E-state index is 0.0577. The zero-order valence-electron chi connectivity index (χ0n) is 12.3. The summed E-state index contributed by atoms with van der Waals surface area (Å²) in [5.41, 5.74) is 1.39. The molecule has 1 heterocycles. The van der Waals surface area contributed by atoms with Crippen molar-refractivity contribution < 1.29 is 14.3 Å². The monoisotopic (exact) mass is 287 g/mol. The first-order valence-corrected chi connectivity index (χ1v) is 7.64. The minimum atomic E-state index is -1.00. The number of aromatic carboxylic acids is 1. The summed E-state index contributed by atoms with van der Waals surface area (Å²) < 4.78 is 5.48. The molecule has 112 valence electrons. The number of benzene rings is 1. The van der Waals surface area contributed by atoms with Crippen LogP contribution in [0.5, 0.6) is 0 Å². The summed E-state index contributed by atoms with van der Waals surface area (Å²) in [7, 11) is 0. The molecule has 1 aromatic carbocycles. The van der Waals surface area contributed by atoms with Crippen LogP contribution in [0.15, 0.2) is 28.7 Å². The molecule has 1 aromatic heterocycles. The molecular formula is C17H21NO3. The van der Waals surface area contributed by atoms with Gasteiger partial charge in [-0.1, -0.05) is 31.0 Å². The van der Waals surface area contributed by atoms with Gasteiger partial charge in [0, 0.05) is 23.5 Å². The first kappa shape index (κ1) is 14.1. The van der Waals surface area contributed by atoms with Gasteiger partial charge < -0.3 is 14.8 Å². The summed E-state index contributed by atoms with van der Waals surface area (Å²) in [6.07, 6.45) is 5.16. The number of nitrogens with one attached hydrogen (secondary N) is 1. The highest BCUT2D eigenvalue weighted by molar-refractivity contribution is 5.95. The molecule has 0 aliphatic heterocycles. The second-order valence-electron chi connectivity index (χ2n) is 5.93. The number of fused-ring (bicyclic) bond motifs is 1. The molecule has 0 bridgehead atoms. The summed E-state index contributed by atoms with van der Waals surface area (Å²) >= 11 is 0. The Bertz CT molecular complexity index is 641. The molecule has 21 heavy (non-hydrogen) atoms. The molecule has 0 saturated heterocycles. The average Bonchev–Trinajstić information content (AvgIpc) is 3.12. The van der Waals surface area contributed by atoms with Gasteiger partial charge in [-0.2, -0.15) is 0 Å². The van der Waals surface area contributed by atoms with Gasteiger partial charge in [0.05, 0.1) is 0 Å². The fourth-order valence-electron chi connectivity index (χ4n) is 3.33. The number of hydrogen-bond donors (Lipinski definition) is 2. The van der Waals surface area contributed by atoms with Crippen molar-refractivity contribution in [2.75, 3.05) is 0 Å². The minimum Gasteiger partial charge on any atom is -0.475 e. The number of carboxylic acids is 1. The summed E-state index contributed by atoms with van der Waals surface area (Å²) in [6.45, 7) is 2.73. The van der Waals surface area contributed by atoms with Crippen LogP contribution in [0.3, 0.4) is 0 Å². The van der Waals surface area contributed by atoms with Crippen LogP contribution < -0.4 is 5.32 Å². The maximum absolute atomic E-state index is 11.4. The third kappa shape index (κ3) is 2.81. The molecule has 0 amide bonds. The van der Waals surface area contributed by atoms with Crippen LogP contribution in [-0.2, 0) is 6.54 Å². The van der Waals surface area contributed by atoms with Crippen LogP contribution in [-0.4, -0.2) is 17.1 Å². The Kier molecular flexibility index (Phi) is 3.97. The lowest BCUT2D eigenvalue weighted by Gasteiger charge is -2.20. The first-order valence-electron chi connectivity index (χ1n) is 7.64. The number of carboxylic acid groups (broad SMARTS) is 1. The van der Waals surface area contributed by atoms with E-state index in [1.807, 2.05) is 24.3 Å². The number of rotatable bonds is 5. The predicted octanol–water partition coefficient (Wildman–Crippen LogP) is 3.80. The SMILES string of the molecule is C[C@H](NCc1c(C(=O)O)oc2ccccc12)C1CCCC1. The van der Waals surface area contributed by atoms with Crippen LogP contribution in [0.1, 0.15) is 48.7 Å². The molecule has 1 aliphatic rings. The van der Waals surface area contributed by atoms with Crippen molar-refractivity contribution in [3.63, 3.8) is 0 Å². The highest BCUT2D eigenvalue weighted by Crippen LogP contribution is 2.29. The lowest BCUT2D eigenvalue weighted by atomic mass is 9.99. The molecule has 0 unspecified atom stereocenters. The Morgan fingerprint density at radius 1 is 1.38 bits per heavy atom. The predicted molar refractivity (Wildman–Crippen MR) is 81.4 cm³/mol. The number of furan rings is 1. The Morgan fingerprint density at radius 2 is 2.10 bits per heavy atom. The lowest BCUT2D eigenvalue weighted by Crippen LogP contribution is -2.32. The van der Waals surface area contributed by atoms with E-state index in [0.29, 0.717) is 24.1 Å². The van der Waals surface area contributed by atoms with Gasteiger partial charge in [-0.3, -0.25) is 0 Å². The standard InChI is InChI=1S/C17H21NO3/c1-11(12-6-2-3-7-12)18-10-14-13-8-4-5-9-15(13)21-16(14)17(19)20/h4-5,8-9,11-12,18H,2-3,6-7,10H2,1H3,(H,19,20)/t11-/m0/s1. The van der Waals surface area contributed by atoms with Crippen LogP contribution in [0.4, 0.5) is 0 Å². The van der Waals surface area contributed by atoms with Gasteiger partial charge in [-0.25, -0.2) is 4.79 Å². The summed E-state index contributed by atoms with van der Waals surface area (Å²) in [6, 6.07) is 7.90. The van der Waals surface area contributed by atoms with Crippen LogP contribution >= 0.6 is 0 Å². The topological polar surface area (TPSA) is 62.5 Å². The van der Waals surface area contributed by atoms with Gasteiger partial charge in [-0.15, -0.1) is 0 Å². The van der Waals surface area contributed by atoms with Gasteiger partial charge in [0.1, 0.15) is 5.58 Å². The molecule has 4 nitrogen and oxygen atoms in total.